The summed E-state index contributed by atoms with van der Waals surface area (Å²) in [6.07, 6.45) is 3.49. The van der Waals surface area contributed by atoms with Gasteiger partial charge < -0.3 is 11.1 Å². The Kier molecular flexibility index (Phi) is 4.03. The average molecular weight is 317 g/mol. The van der Waals surface area contributed by atoms with Gasteiger partial charge in [0.1, 0.15) is 10.8 Å². The molecule has 0 aliphatic rings. The van der Waals surface area contributed by atoms with Crippen molar-refractivity contribution in [3.8, 4) is 11.1 Å². The van der Waals surface area contributed by atoms with Crippen LogP contribution in [-0.2, 0) is 6.54 Å². The molecule has 2 aromatic heterocycles. The Morgan fingerprint density at radius 2 is 2.00 bits per heavy atom. The molecule has 106 valence electrons. The van der Waals surface area contributed by atoms with Crippen molar-refractivity contribution in [3.63, 3.8) is 0 Å². The summed E-state index contributed by atoms with van der Waals surface area (Å²) in [5, 5.41) is 5.05. The normalized spacial score (nSPS) is 10.5. The van der Waals surface area contributed by atoms with E-state index < -0.39 is 0 Å². The number of nitrogens with zero attached hydrogens (tertiary/aromatic N) is 2. The second-order valence-electron chi connectivity index (χ2n) is 4.49. The van der Waals surface area contributed by atoms with Crippen molar-refractivity contribution >= 4 is 34.0 Å². The van der Waals surface area contributed by atoms with E-state index in [4.69, 9.17) is 17.3 Å². The number of anilines is 2. The van der Waals surface area contributed by atoms with Crippen LogP contribution in [0.15, 0.2) is 48.8 Å². The molecule has 0 amide bonds. The van der Waals surface area contributed by atoms with Crippen LogP contribution in [-0.4, -0.2) is 9.36 Å². The standard InChI is InChI=1S/C15H13ClN4S/c16-12-3-1-2-10(8-12)9-19-15-13(14(17)20-21-15)11-4-6-18-7-5-11/h1-8,19H,9H2,(H2,17,20). The predicted molar refractivity (Wildman–Crippen MR) is 88.5 cm³/mol. The van der Waals surface area contributed by atoms with Crippen LogP contribution in [0.3, 0.4) is 0 Å². The summed E-state index contributed by atoms with van der Waals surface area (Å²) in [7, 11) is 0. The Labute approximate surface area is 131 Å². The molecule has 0 saturated heterocycles. The summed E-state index contributed by atoms with van der Waals surface area (Å²) in [6, 6.07) is 11.6. The lowest BCUT2D eigenvalue weighted by molar-refractivity contribution is 1.16. The lowest BCUT2D eigenvalue weighted by Gasteiger charge is -2.07. The van der Waals surface area contributed by atoms with E-state index in [1.165, 1.54) is 11.5 Å². The monoisotopic (exact) mass is 316 g/mol. The van der Waals surface area contributed by atoms with E-state index in [-0.39, 0.29) is 0 Å². The molecule has 0 radical (unpaired) electrons. The van der Waals surface area contributed by atoms with Crippen molar-refractivity contribution in [1.82, 2.24) is 9.36 Å². The molecule has 3 N–H and O–H groups in total. The Bertz CT molecular complexity index is 742. The second-order valence-corrected chi connectivity index (χ2v) is 5.70. The summed E-state index contributed by atoms with van der Waals surface area (Å²) in [5.74, 6) is 0.528. The van der Waals surface area contributed by atoms with E-state index in [1.807, 2.05) is 36.4 Å². The number of rotatable bonds is 4. The highest BCUT2D eigenvalue weighted by molar-refractivity contribution is 7.11. The molecule has 0 bridgehead atoms. The van der Waals surface area contributed by atoms with E-state index in [0.717, 1.165) is 26.7 Å². The molecule has 0 spiro atoms. The van der Waals surface area contributed by atoms with Gasteiger partial charge >= 0.3 is 0 Å². The summed E-state index contributed by atoms with van der Waals surface area (Å²) in [6.45, 7) is 0.667. The predicted octanol–water partition coefficient (Wildman–Crippen LogP) is 4.05. The van der Waals surface area contributed by atoms with E-state index >= 15 is 0 Å². The SMILES string of the molecule is Nc1nsc(NCc2cccc(Cl)c2)c1-c1ccncc1. The lowest BCUT2D eigenvalue weighted by Crippen LogP contribution is -1.99. The van der Waals surface area contributed by atoms with Crippen LogP contribution in [0.2, 0.25) is 5.02 Å². The number of pyridine rings is 1. The Morgan fingerprint density at radius 1 is 1.19 bits per heavy atom. The van der Waals surface area contributed by atoms with E-state index in [2.05, 4.69) is 14.7 Å². The number of hydrogen-bond acceptors (Lipinski definition) is 5. The minimum Gasteiger partial charge on any atom is -0.382 e. The Balaban J connectivity index is 1.84. The van der Waals surface area contributed by atoms with Gasteiger partial charge in [0.25, 0.3) is 0 Å². The maximum absolute atomic E-state index is 5.99. The molecule has 4 nitrogen and oxygen atoms in total. The zero-order valence-corrected chi connectivity index (χ0v) is 12.7. The van der Waals surface area contributed by atoms with Crippen LogP contribution < -0.4 is 11.1 Å². The van der Waals surface area contributed by atoms with Crippen molar-refractivity contribution in [2.24, 2.45) is 0 Å². The quantitative estimate of drug-likeness (QED) is 0.762. The van der Waals surface area contributed by atoms with Crippen molar-refractivity contribution in [3.05, 3.63) is 59.4 Å². The van der Waals surface area contributed by atoms with Crippen LogP contribution in [0.5, 0.6) is 0 Å². The van der Waals surface area contributed by atoms with Gasteiger partial charge in [0.05, 0.1) is 5.56 Å². The van der Waals surface area contributed by atoms with Crippen molar-refractivity contribution in [2.45, 2.75) is 6.54 Å². The molecule has 21 heavy (non-hydrogen) atoms. The molecular weight excluding hydrogens is 304 g/mol. The zero-order chi connectivity index (χ0) is 14.7. The fourth-order valence-electron chi connectivity index (χ4n) is 2.05. The van der Waals surface area contributed by atoms with Crippen molar-refractivity contribution < 1.29 is 0 Å². The average Bonchev–Trinajstić information content (AvgIpc) is 2.87. The highest BCUT2D eigenvalue weighted by atomic mass is 35.5. The number of hydrogen-bond donors (Lipinski definition) is 2. The number of halogens is 1. The van der Waals surface area contributed by atoms with Gasteiger partial charge in [-0.25, -0.2) is 0 Å². The molecule has 0 fully saturated rings. The first kappa shape index (κ1) is 13.9. The first-order chi connectivity index (χ1) is 10.2. The summed E-state index contributed by atoms with van der Waals surface area (Å²) in [5.41, 5.74) is 9.02. The van der Waals surface area contributed by atoms with Gasteiger partial charge in [0.2, 0.25) is 0 Å². The molecule has 3 aromatic rings. The van der Waals surface area contributed by atoms with Crippen LogP contribution in [0.1, 0.15) is 5.56 Å². The van der Waals surface area contributed by atoms with E-state index in [1.54, 1.807) is 12.4 Å². The first-order valence-corrected chi connectivity index (χ1v) is 7.53. The van der Waals surface area contributed by atoms with Crippen LogP contribution in [0.25, 0.3) is 11.1 Å². The minimum atomic E-state index is 0.528. The maximum Gasteiger partial charge on any atom is 0.147 e. The molecule has 0 aliphatic carbocycles. The van der Waals surface area contributed by atoms with Gasteiger partial charge in [-0.1, -0.05) is 23.7 Å². The summed E-state index contributed by atoms with van der Waals surface area (Å²) >= 11 is 7.35. The molecule has 0 unspecified atom stereocenters. The first-order valence-electron chi connectivity index (χ1n) is 6.38. The number of nitrogens with one attached hydrogen (secondary N) is 1. The molecule has 2 heterocycles. The van der Waals surface area contributed by atoms with Crippen LogP contribution >= 0.6 is 23.1 Å². The third-order valence-corrected chi connectivity index (χ3v) is 4.08. The number of nitrogens with two attached hydrogens (primary N) is 1. The largest absolute Gasteiger partial charge is 0.382 e. The summed E-state index contributed by atoms with van der Waals surface area (Å²) in [4.78, 5) is 4.02. The molecule has 1 aromatic carbocycles. The molecular formula is C15H13ClN4S. The lowest BCUT2D eigenvalue weighted by atomic mass is 10.1. The molecule has 0 aliphatic heterocycles. The van der Waals surface area contributed by atoms with E-state index in [0.29, 0.717) is 12.4 Å². The highest BCUT2D eigenvalue weighted by Gasteiger charge is 2.13. The van der Waals surface area contributed by atoms with Gasteiger partial charge in [0.15, 0.2) is 0 Å². The van der Waals surface area contributed by atoms with Crippen molar-refractivity contribution in [2.75, 3.05) is 11.1 Å². The highest BCUT2D eigenvalue weighted by Crippen LogP contribution is 2.36. The zero-order valence-electron chi connectivity index (χ0n) is 11.1. The second kappa shape index (κ2) is 6.11. The number of benzene rings is 1. The van der Waals surface area contributed by atoms with E-state index in [9.17, 15) is 0 Å². The van der Waals surface area contributed by atoms with Gasteiger partial charge in [-0.2, -0.15) is 4.37 Å². The fraction of sp³-hybridized carbons (Fsp3) is 0.0667. The topological polar surface area (TPSA) is 63.8 Å². The Morgan fingerprint density at radius 3 is 2.76 bits per heavy atom. The number of nitrogen functional groups attached to an aromatic ring is 1. The van der Waals surface area contributed by atoms with Gasteiger partial charge in [-0.05, 0) is 46.9 Å². The smallest absolute Gasteiger partial charge is 0.147 e. The Hall–Kier alpha value is -2.11. The third-order valence-electron chi connectivity index (χ3n) is 3.03. The molecule has 0 saturated carbocycles. The number of aromatic nitrogens is 2. The molecule has 3 rings (SSSR count). The fourth-order valence-corrected chi connectivity index (χ4v) is 2.99. The summed E-state index contributed by atoms with van der Waals surface area (Å²) < 4.78 is 4.23. The van der Waals surface area contributed by atoms with Crippen LogP contribution in [0, 0.1) is 0 Å². The third kappa shape index (κ3) is 3.15. The van der Waals surface area contributed by atoms with Crippen LogP contribution in [0.4, 0.5) is 10.8 Å². The molecule has 0 atom stereocenters. The maximum atomic E-state index is 5.99. The molecule has 6 heteroatoms. The van der Waals surface area contributed by atoms with Gasteiger partial charge in [-0.3, -0.25) is 4.98 Å². The minimum absolute atomic E-state index is 0.528. The van der Waals surface area contributed by atoms with Gasteiger partial charge in [-0.15, -0.1) is 0 Å². The van der Waals surface area contributed by atoms with Crippen molar-refractivity contribution in [1.29, 1.82) is 0 Å². The van der Waals surface area contributed by atoms with Gasteiger partial charge in [0, 0.05) is 24.0 Å².